The van der Waals surface area contributed by atoms with Crippen LogP contribution in [-0.4, -0.2) is 30.7 Å². The molecule has 2 aromatic heterocycles. The molecule has 7 nitrogen and oxygen atoms in total. The smallest absolute Gasteiger partial charge is 0.193 e. The molecule has 10 rings (SSSR count). The number of fused-ring (bicyclic) bond motifs is 2. The zero-order valence-corrected chi connectivity index (χ0v) is 33.5. The van der Waals surface area contributed by atoms with E-state index < -0.39 is 0 Å². The van der Waals surface area contributed by atoms with Crippen LogP contribution in [0.1, 0.15) is 43.0 Å². The highest BCUT2D eigenvalue weighted by Gasteiger charge is 2.20. The van der Waals surface area contributed by atoms with Crippen LogP contribution < -0.4 is 4.74 Å². The molecular weight excluding hydrogens is 753 g/mol. The number of benzene rings is 8. The van der Waals surface area contributed by atoms with E-state index in [-0.39, 0.29) is 11.6 Å². The Morgan fingerprint density at radius 2 is 0.770 bits per heavy atom. The first-order valence-corrected chi connectivity index (χ1v) is 20.1. The van der Waals surface area contributed by atoms with Gasteiger partial charge in [-0.25, -0.2) is 9.97 Å². The Bertz CT molecular complexity index is 3230. The maximum absolute atomic E-state index is 13.7. The minimum absolute atomic E-state index is 0.0193. The lowest BCUT2D eigenvalue weighted by molar-refractivity contribution is 0.103. The molecule has 0 fully saturated rings. The van der Waals surface area contributed by atoms with Gasteiger partial charge in [-0.3, -0.25) is 18.7 Å². The molecule has 0 atom stereocenters. The van der Waals surface area contributed by atoms with Gasteiger partial charge < -0.3 is 4.74 Å². The van der Waals surface area contributed by atoms with E-state index >= 15 is 0 Å². The predicted octanol–water partition coefficient (Wildman–Crippen LogP) is 12.6. The fraction of sp³-hybridized carbons (Fsp3) is 0.0370. The Hall–Kier alpha value is -8.16. The van der Waals surface area contributed by atoms with Crippen molar-refractivity contribution in [1.82, 2.24) is 19.1 Å². The van der Waals surface area contributed by atoms with Gasteiger partial charge in [0.05, 0.1) is 22.1 Å². The number of aromatic nitrogens is 4. The molecule has 0 aliphatic heterocycles. The number of hydrogen-bond donors (Lipinski definition) is 0. The molecule has 0 N–H and O–H groups in total. The van der Waals surface area contributed by atoms with Crippen molar-refractivity contribution in [2.45, 2.75) is 13.8 Å². The maximum atomic E-state index is 13.7. The summed E-state index contributed by atoms with van der Waals surface area (Å²) in [5.41, 5.74) is 11.9. The normalized spacial score (nSPS) is 11.2. The average Bonchev–Trinajstić information content (AvgIpc) is 3.90. The highest BCUT2D eigenvalue weighted by atomic mass is 16.5. The quantitative estimate of drug-likeness (QED) is 0.129. The summed E-state index contributed by atoms with van der Waals surface area (Å²) in [4.78, 5) is 37.3. The number of nitrogens with zero attached hydrogens (tertiary/aromatic N) is 4. The van der Waals surface area contributed by atoms with Gasteiger partial charge in [0.25, 0.3) is 0 Å². The minimum atomic E-state index is -0.0766. The van der Waals surface area contributed by atoms with Gasteiger partial charge in [0, 0.05) is 44.8 Å². The van der Waals surface area contributed by atoms with E-state index in [0.29, 0.717) is 28.0 Å². The summed E-state index contributed by atoms with van der Waals surface area (Å²) in [6.45, 7) is 4.05. The fourth-order valence-electron chi connectivity index (χ4n) is 7.74. The van der Waals surface area contributed by atoms with E-state index in [9.17, 15) is 9.59 Å². The lowest BCUT2D eigenvalue weighted by Gasteiger charge is -2.13. The van der Waals surface area contributed by atoms with Crippen LogP contribution in [0.15, 0.2) is 194 Å². The van der Waals surface area contributed by atoms with Crippen LogP contribution in [0.5, 0.6) is 11.5 Å². The van der Waals surface area contributed by atoms with Crippen molar-refractivity contribution in [3.63, 3.8) is 0 Å². The summed E-state index contributed by atoms with van der Waals surface area (Å²) in [5.74, 6) is 2.83. The Morgan fingerprint density at radius 1 is 0.410 bits per heavy atom. The molecule has 0 radical (unpaired) electrons. The number of imidazole rings is 2. The SMILES string of the molecule is Cc1ccc(Oc2ccc(C(=O)c3ccc(-n4c(-c5cccc(-c6nc7ccccc7n6-c6ccc(C(=O)c7ccc(C)cc7)cc6)c5)nc5ccccc54)cc3)cc2)cc1. The second-order valence-electron chi connectivity index (χ2n) is 15.2. The number of ketones is 2. The number of hydrogen-bond acceptors (Lipinski definition) is 5. The zero-order chi connectivity index (χ0) is 41.5. The van der Waals surface area contributed by atoms with Crippen molar-refractivity contribution in [1.29, 1.82) is 0 Å². The lowest BCUT2D eigenvalue weighted by Crippen LogP contribution is -2.03. The molecule has 2 heterocycles. The maximum Gasteiger partial charge on any atom is 0.193 e. The number of rotatable bonds is 10. The van der Waals surface area contributed by atoms with Crippen LogP contribution in [0.3, 0.4) is 0 Å². The highest BCUT2D eigenvalue weighted by molar-refractivity contribution is 6.09. The van der Waals surface area contributed by atoms with Crippen LogP contribution in [0.25, 0.3) is 56.2 Å². The third-order valence-electron chi connectivity index (χ3n) is 11.0. The van der Waals surface area contributed by atoms with Crippen molar-refractivity contribution >= 4 is 33.6 Å². The van der Waals surface area contributed by atoms with Gasteiger partial charge >= 0.3 is 0 Å². The summed E-state index contributed by atoms with van der Waals surface area (Å²) in [7, 11) is 0. The van der Waals surface area contributed by atoms with Crippen molar-refractivity contribution in [2.75, 3.05) is 0 Å². The summed E-state index contributed by atoms with van der Waals surface area (Å²) in [6, 6.07) is 62.5. The molecule has 292 valence electrons. The van der Waals surface area contributed by atoms with E-state index in [0.717, 1.165) is 73.1 Å². The molecule has 0 bridgehead atoms. The molecule has 61 heavy (non-hydrogen) atoms. The van der Waals surface area contributed by atoms with Crippen LogP contribution in [0, 0.1) is 13.8 Å². The monoisotopic (exact) mass is 790 g/mol. The molecule has 0 unspecified atom stereocenters. The number of para-hydroxylation sites is 4. The standard InChI is InChI=1S/C54H38N4O3/c1-35-14-18-37(19-15-35)51(59)38-20-26-43(27-21-38)57-49-12-5-3-10-47(49)55-53(57)41-8-7-9-42(34-41)54-56-48-11-4-6-13-50(48)58(54)44-28-22-39(23-29-44)52(60)40-24-32-46(33-25-40)61-45-30-16-36(2)17-31-45/h3-34H,1-2H3. The Balaban J connectivity index is 0.975. The second-order valence-corrected chi connectivity index (χ2v) is 15.2. The number of aryl methyl sites for hydroxylation is 2. The topological polar surface area (TPSA) is 79.0 Å². The van der Waals surface area contributed by atoms with Gasteiger partial charge in [0.1, 0.15) is 23.1 Å². The lowest BCUT2D eigenvalue weighted by atomic mass is 10.0. The van der Waals surface area contributed by atoms with E-state index in [1.807, 2.05) is 166 Å². The van der Waals surface area contributed by atoms with Crippen molar-refractivity contribution in [3.05, 3.63) is 228 Å². The van der Waals surface area contributed by atoms with E-state index in [1.54, 1.807) is 12.1 Å². The van der Waals surface area contributed by atoms with Crippen LogP contribution in [0.4, 0.5) is 0 Å². The second kappa shape index (κ2) is 15.5. The van der Waals surface area contributed by atoms with E-state index in [4.69, 9.17) is 14.7 Å². The van der Waals surface area contributed by atoms with Crippen LogP contribution in [-0.2, 0) is 0 Å². The van der Waals surface area contributed by atoms with Crippen LogP contribution >= 0.6 is 0 Å². The molecule has 0 aliphatic carbocycles. The average molecular weight is 791 g/mol. The van der Waals surface area contributed by atoms with Crippen molar-refractivity contribution in [2.24, 2.45) is 0 Å². The van der Waals surface area contributed by atoms with Gasteiger partial charge in [0.15, 0.2) is 11.6 Å². The molecule has 0 saturated carbocycles. The zero-order valence-electron chi connectivity index (χ0n) is 33.5. The summed E-state index contributed by atoms with van der Waals surface area (Å²) < 4.78 is 10.2. The molecule has 0 aliphatic rings. The van der Waals surface area contributed by atoms with E-state index in [1.165, 1.54) is 0 Å². The predicted molar refractivity (Wildman–Crippen MR) is 242 cm³/mol. The largest absolute Gasteiger partial charge is 0.457 e. The molecule has 0 saturated heterocycles. The first kappa shape index (κ1) is 37.1. The molecule has 8 aromatic carbocycles. The molecule has 7 heteroatoms. The van der Waals surface area contributed by atoms with Crippen molar-refractivity contribution in [3.8, 4) is 45.6 Å². The first-order valence-electron chi connectivity index (χ1n) is 20.1. The minimum Gasteiger partial charge on any atom is -0.457 e. The van der Waals surface area contributed by atoms with Crippen molar-refractivity contribution < 1.29 is 14.3 Å². The van der Waals surface area contributed by atoms with E-state index in [2.05, 4.69) is 39.5 Å². The number of ether oxygens (including phenoxy) is 1. The molecule has 0 spiro atoms. The van der Waals surface area contributed by atoms with Crippen LogP contribution in [0.2, 0.25) is 0 Å². The fourth-order valence-corrected chi connectivity index (χ4v) is 7.74. The molecular formula is C54H38N4O3. The summed E-state index contributed by atoms with van der Waals surface area (Å²) in [6.07, 6.45) is 0. The third-order valence-corrected chi connectivity index (χ3v) is 11.0. The van der Waals surface area contributed by atoms with Gasteiger partial charge in [0.2, 0.25) is 0 Å². The summed E-state index contributed by atoms with van der Waals surface area (Å²) in [5, 5.41) is 0. The van der Waals surface area contributed by atoms with Gasteiger partial charge in [-0.2, -0.15) is 0 Å². The Labute approximate surface area is 352 Å². The van der Waals surface area contributed by atoms with Gasteiger partial charge in [-0.15, -0.1) is 0 Å². The Morgan fingerprint density at radius 3 is 1.21 bits per heavy atom. The summed E-state index contributed by atoms with van der Waals surface area (Å²) >= 11 is 0. The Kier molecular flexibility index (Phi) is 9.46. The molecule has 10 aromatic rings. The molecule has 0 amide bonds. The first-order chi connectivity index (χ1) is 29.9. The van der Waals surface area contributed by atoms with Gasteiger partial charge in [-0.1, -0.05) is 90.0 Å². The number of carbonyl (C=O) groups excluding carboxylic acids is 2. The number of carbonyl (C=O) groups is 2. The third kappa shape index (κ3) is 7.19. The highest BCUT2D eigenvalue weighted by Crippen LogP contribution is 2.34. The van der Waals surface area contributed by atoms with Gasteiger partial charge in [-0.05, 0) is 129 Å².